The van der Waals surface area contributed by atoms with Gasteiger partial charge in [-0.05, 0) is 30.5 Å². The SMILES string of the molecule is CCCCCCc1cc2c(cc1O)O[C@@]1(C)CC2c2ccccc2O1. The fourth-order valence-corrected chi connectivity index (χ4v) is 4.13. The van der Waals surface area contributed by atoms with Gasteiger partial charge >= 0.3 is 0 Å². The van der Waals surface area contributed by atoms with Crippen LogP contribution in [0.25, 0.3) is 0 Å². The average molecular weight is 338 g/mol. The van der Waals surface area contributed by atoms with Gasteiger partial charge in [0.1, 0.15) is 17.2 Å². The zero-order chi connectivity index (χ0) is 17.4. The zero-order valence-corrected chi connectivity index (χ0v) is 15.0. The zero-order valence-electron chi connectivity index (χ0n) is 15.0. The number of aromatic hydroxyl groups is 1. The largest absolute Gasteiger partial charge is 0.508 e. The lowest BCUT2D eigenvalue weighted by atomic mass is 9.80. The minimum atomic E-state index is -0.666. The number of phenols is 1. The molecular formula is C22H26O3. The van der Waals surface area contributed by atoms with Gasteiger partial charge in [-0.3, -0.25) is 0 Å². The molecule has 0 spiro atoms. The maximum absolute atomic E-state index is 10.4. The van der Waals surface area contributed by atoms with Crippen molar-refractivity contribution in [3.63, 3.8) is 0 Å². The second kappa shape index (κ2) is 6.29. The number of para-hydroxylation sites is 1. The molecule has 2 aliphatic rings. The predicted octanol–water partition coefficient (Wildman–Crippen LogP) is 5.54. The quantitative estimate of drug-likeness (QED) is 0.728. The van der Waals surface area contributed by atoms with Crippen LogP contribution in [0, 0.1) is 0 Å². The standard InChI is InChI=1S/C22H26O3/c1-3-4-5-6-9-15-12-17-18-14-22(2,25-21(17)13-19(15)23)24-20-11-8-7-10-16(18)20/h7-8,10-13,18,23H,3-6,9,14H2,1-2H3/t18?,22-/m0/s1. The molecule has 3 nitrogen and oxygen atoms in total. The first kappa shape index (κ1) is 16.3. The molecule has 0 saturated carbocycles. The number of rotatable bonds is 5. The molecule has 2 aromatic carbocycles. The third-order valence-corrected chi connectivity index (χ3v) is 5.41. The van der Waals surface area contributed by atoms with Crippen molar-refractivity contribution in [3.05, 3.63) is 53.1 Å². The van der Waals surface area contributed by atoms with Crippen LogP contribution < -0.4 is 9.47 Å². The van der Waals surface area contributed by atoms with E-state index in [1.54, 1.807) is 6.07 Å². The van der Waals surface area contributed by atoms with Crippen molar-refractivity contribution in [1.82, 2.24) is 0 Å². The smallest absolute Gasteiger partial charge is 0.249 e. The van der Waals surface area contributed by atoms with E-state index in [2.05, 4.69) is 25.1 Å². The number of hydrogen-bond acceptors (Lipinski definition) is 3. The van der Waals surface area contributed by atoms with Crippen molar-refractivity contribution < 1.29 is 14.6 Å². The third kappa shape index (κ3) is 2.97. The lowest BCUT2D eigenvalue weighted by molar-refractivity contribution is -0.125. The summed E-state index contributed by atoms with van der Waals surface area (Å²) in [6.45, 7) is 4.20. The summed E-state index contributed by atoms with van der Waals surface area (Å²) < 4.78 is 12.2. The van der Waals surface area contributed by atoms with Crippen LogP contribution in [0.2, 0.25) is 0 Å². The van der Waals surface area contributed by atoms with Crippen molar-refractivity contribution in [2.45, 2.75) is 64.1 Å². The molecule has 25 heavy (non-hydrogen) atoms. The first-order chi connectivity index (χ1) is 12.1. The molecule has 0 aromatic heterocycles. The summed E-state index contributed by atoms with van der Waals surface area (Å²) >= 11 is 0. The van der Waals surface area contributed by atoms with Crippen LogP contribution in [0.15, 0.2) is 36.4 Å². The summed E-state index contributed by atoms with van der Waals surface area (Å²) in [6, 6.07) is 12.2. The molecule has 132 valence electrons. The maximum atomic E-state index is 10.4. The van der Waals surface area contributed by atoms with Crippen LogP contribution in [0.4, 0.5) is 0 Å². The molecule has 2 aromatic rings. The Morgan fingerprint density at radius 1 is 1.04 bits per heavy atom. The number of ether oxygens (including phenoxy) is 2. The fourth-order valence-electron chi connectivity index (χ4n) is 4.13. The minimum Gasteiger partial charge on any atom is -0.508 e. The molecule has 0 saturated heterocycles. The van der Waals surface area contributed by atoms with E-state index < -0.39 is 5.79 Å². The summed E-state index contributed by atoms with van der Waals surface area (Å²) in [4.78, 5) is 0. The maximum Gasteiger partial charge on any atom is 0.249 e. The van der Waals surface area contributed by atoms with Crippen molar-refractivity contribution in [3.8, 4) is 17.2 Å². The fraction of sp³-hybridized carbons (Fsp3) is 0.455. The van der Waals surface area contributed by atoms with E-state index in [-0.39, 0.29) is 5.92 Å². The van der Waals surface area contributed by atoms with Crippen molar-refractivity contribution in [2.24, 2.45) is 0 Å². The van der Waals surface area contributed by atoms with Crippen LogP contribution in [0.3, 0.4) is 0 Å². The molecule has 0 aliphatic carbocycles. The second-order valence-corrected chi connectivity index (χ2v) is 7.46. The van der Waals surface area contributed by atoms with Gasteiger partial charge in [0.2, 0.25) is 5.79 Å². The normalized spacial score (nSPS) is 23.2. The molecule has 0 fully saturated rings. The average Bonchev–Trinajstić information content (AvgIpc) is 2.59. The van der Waals surface area contributed by atoms with E-state index in [0.29, 0.717) is 5.75 Å². The van der Waals surface area contributed by atoms with Gasteiger partial charge in [0, 0.05) is 36.5 Å². The topological polar surface area (TPSA) is 38.7 Å². The Morgan fingerprint density at radius 2 is 1.84 bits per heavy atom. The van der Waals surface area contributed by atoms with Gasteiger partial charge in [-0.2, -0.15) is 0 Å². The summed E-state index contributed by atoms with van der Waals surface area (Å²) in [5, 5.41) is 10.4. The molecule has 4 rings (SSSR count). The molecule has 1 N–H and O–H groups in total. The van der Waals surface area contributed by atoms with Crippen LogP contribution >= 0.6 is 0 Å². The highest BCUT2D eigenvalue weighted by Gasteiger charge is 2.45. The van der Waals surface area contributed by atoms with Crippen molar-refractivity contribution in [1.29, 1.82) is 0 Å². The van der Waals surface area contributed by atoms with Gasteiger partial charge in [0.15, 0.2) is 0 Å². The van der Waals surface area contributed by atoms with E-state index in [4.69, 9.17) is 9.47 Å². The van der Waals surface area contributed by atoms with E-state index >= 15 is 0 Å². The molecule has 0 radical (unpaired) electrons. The number of aryl methyl sites for hydroxylation is 1. The lowest BCUT2D eigenvalue weighted by Gasteiger charge is -2.44. The number of phenolic OH excluding ortho intramolecular Hbond substituents is 1. The first-order valence-corrected chi connectivity index (χ1v) is 9.42. The molecule has 2 bridgehead atoms. The lowest BCUT2D eigenvalue weighted by Crippen LogP contribution is -2.46. The Hall–Kier alpha value is -2.16. The summed E-state index contributed by atoms with van der Waals surface area (Å²) in [5.74, 6) is 1.59. The highest BCUT2D eigenvalue weighted by atomic mass is 16.7. The van der Waals surface area contributed by atoms with E-state index in [0.717, 1.165) is 36.3 Å². The van der Waals surface area contributed by atoms with Gasteiger partial charge in [0.25, 0.3) is 0 Å². The first-order valence-electron chi connectivity index (χ1n) is 9.42. The van der Waals surface area contributed by atoms with Crippen LogP contribution in [0.5, 0.6) is 17.2 Å². The van der Waals surface area contributed by atoms with Crippen LogP contribution in [0.1, 0.15) is 68.6 Å². The van der Waals surface area contributed by atoms with E-state index in [9.17, 15) is 5.11 Å². The molecule has 3 heteroatoms. The van der Waals surface area contributed by atoms with E-state index in [1.165, 1.54) is 30.4 Å². The molecule has 2 atom stereocenters. The monoisotopic (exact) mass is 338 g/mol. The van der Waals surface area contributed by atoms with Gasteiger partial charge in [-0.25, -0.2) is 0 Å². The number of fused-ring (bicyclic) bond motifs is 6. The Balaban J connectivity index is 1.70. The molecule has 2 heterocycles. The van der Waals surface area contributed by atoms with Gasteiger partial charge < -0.3 is 14.6 Å². The van der Waals surface area contributed by atoms with Crippen molar-refractivity contribution in [2.75, 3.05) is 0 Å². The molecule has 1 unspecified atom stereocenters. The van der Waals surface area contributed by atoms with Crippen molar-refractivity contribution >= 4 is 0 Å². The Bertz CT molecular complexity index is 783. The minimum absolute atomic E-state index is 0.258. The van der Waals surface area contributed by atoms with Gasteiger partial charge in [0.05, 0.1) is 0 Å². The Labute approximate surface area is 149 Å². The number of unbranched alkanes of at least 4 members (excludes halogenated alkanes) is 3. The predicted molar refractivity (Wildman–Crippen MR) is 98.5 cm³/mol. The molecule has 0 amide bonds. The second-order valence-electron chi connectivity index (χ2n) is 7.46. The molecular weight excluding hydrogens is 312 g/mol. The highest BCUT2D eigenvalue weighted by Crippen LogP contribution is 2.52. The highest BCUT2D eigenvalue weighted by molar-refractivity contribution is 5.55. The van der Waals surface area contributed by atoms with E-state index in [1.807, 2.05) is 19.1 Å². The Kier molecular flexibility index (Phi) is 4.10. The summed E-state index contributed by atoms with van der Waals surface area (Å²) in [5.41, 5.74) is 3.43. The summed E-state index contributed by atoms with van der Waals surface area (Å²) in [7, 11) is 0. The summed E-state index contributed by atoms with van der Waals surface area (Å²) in [6.07, 6.45) is 6.52. The van der Waals surface area contributed by atoms with Crippen LogP contribution in [-0.4, -0.2) is 10.9 Å². The number of benzene rings is 2. The van der Waals surface area contributed by atoms with Crippen LogP contribution in [-0.2, 0) is 6.42 Å². The van der Waals surface area contributed by atoms with Gasteiger partial charge in [-0.15, -0.1) is 0 Å². The molecule has 2 aliphatic heterocycles. The number of hydrogen-bond donors (Lipinski definition) is 1. The van der Waals surface area contributed by atoms with Gasteiger partial charge in [-0.1, -0.05) is 44.4 Å². The Morgan fingerprint density at radius 3 is 2.68 bits per heavy atom. The third-order valence-electron chi connectivity index (χ3n) is 5.41.